The Morgan fingerprint density at radius 1 is 1.90 bits per heavy atom. The molecular weight excluding hydrogens is 279 g/mol. The standard InChI is InChI=1S/C4H8INO2P.Al.2H/c1-3(4(7)8)6(5)2-9;;;/h3H,1-2,9H2,(H,7,8);;;. The van der Waals surface area contributed by atoms with Gasteiger partial charge in [0.25, 0.3) is 0 Å². The number of halogens is 1. The predicted molar refractivity (Wildman–Crippen MR) is 55.2 cm³/mol. The molecule has 10 heavy (non-hydrogen) atoms. The van der Waals surface area contributed by atoms with Gasteiger partial charge in [-0.3, -0.25) is 4.79 Å². The predicted octanol–water partition coefficient (Wildman–Crippen LogP) is -0.0244. The van der Waals surface area contributed by atoms with E-state index in [9.17, 15) is 4.79 Å². The third-order valence-corrected chi connectivity index (χ3v) is 4.16. The van der Waals surface area contributed by atoms with Gasteiger partial charge in [0.2, 0.25) is 16.3 Å². The first-order chi connectivity index (χ1) is 4.63. The van der Waals surface area contributed by atoms with Crippen LogP contribution >= 0.6 is 32.1 Å². The summed E-state index contributed by atoms with van der Waals surface area (Å²) in [7, 11) is 2.51. The van der Waals surface area contributed by atoms with Gasteiger partial charge in [-0.25, -0.2) is 3.11 Å². The lowest BCUT2D eigenvalue weighted by Crippen LogP contribution is -2.33. The summed E-state index contributed by atoms with van der Waals surface area (Å²) in [6, 6.07) is -0.287. The number of carbonyl (C=O) groups is 1. The lowest BCUT2D eigenvalue weighted by atomic mass is 10.3. The summed E-state index contributed by atoms with van der Waals surface area (Å²) in [5.41, 5.74) is 0. The van der Waals surface area contributed by atoms with Crippen LogP contribution in [0.1, 0.15) is 0 Å². The largest absolute Gasteiger partial charge is 0.480 e. The molecule has 0 bridgehead atoms. The Labute approximate surface area is 84.7 Å². The van der Waals surface area contributed by atoms with Crippen molar-refractivity contribution in [3.8, 4) is 0 Å². The molecule has 0 aliphatic carbocycles. The van der Waals surface area contributed by atoms with Crippen molar-refractivity contribution >= 4 is 54.4 Å². The van der Waals surface area contributed by atoms with E-state index in [0.717, 1.165) is 21.6 Å². The zero-order valence-corrected chi connectivity index (χ0v) is 11.1. The van der Waals surface area contributed by atoms with Crippen LogP contribution in [0.3, 0.4) is 0 Å². The molecule has 0 spiro atoms. The lowest BCUT2D eigenvalue weighted by molar-refractivity contribution is -0.140. The normalized spacial score (nSPS) is 13.5. The summed E-state index contributed by atoms with van der Waals surface area (Å²) in [6.07, 6.45) is 0.708. The number of hydrogen-bond acceptors (Lipinski definition) is 2. The monoisotopic (exact) mass is 289 g/mol. The molecule has 58 valence electrons. The van der Waals surface area contributed by atoms with Crippen LogP contribution in [0.15, 0.2) is 0 Å². The Kier molecular flexibility index (Phi) is 6.38. The quantitative estimate of drug-likeness (QED) is 0.342. The molecule has 1 N–H and O–H groups in total. The van der Waals surface area contributed by atoms with Crippen LogP contribution in [0.5, 0.6) is 0 Å². The second-order valence-electron chi connectivity index (χ2n) is 1.84. The SMILES string of the molecule is O=C(O)C([CH2][AlH2])N(I)CP. The fraction of sp³-hybridized carbons (Fsp3) is 0.750. The van der Waals surface area contributed by atoms with Gasteiger partial charge >= 0.3 is 5.97 Å². The van der Waals surface area contributed by atoms with Gasteiger partial charge in [-0.1, -0.05) is 5.28 Å². The zero-order chi connectivity index (χ0) is 8.15. The number of rotatable bonds is 4. The molecule has 3 nitrogen and oxygen atoms in total. The van der Waals surface area contributed by atoms with Gasteiger partial charge in [0.1, 0.15) is 6.04 Å². The van der Waals surface area contributed by atoms with Gasteiger partial charge < -0.3 is 5.11 Å². The molecule has 0 fully saturated rings. The van der Waals surface area contributed by atoms with Crippen molar-refractivity contribution in [2.45, 2.75) is 11.3 Å². The van der Waals surface area contributed by atoms with Crippen LogP contribution in [0.2, 0.25) is 5.28 Å². The van der Waals surface area contributed by atoms with Gasteiger partial charge in [0, 0.05) is 29.2 Å². The molecule has 0 radical (unpaired) electrons. The Morgan fingerprint density at radius 3 is 2.50 bits per heavy atom. The van der Waals surface area contributed by atoms with Gasteiger partial charge in [-0.05, 0) is 0 Å². The van der Waals surface area contributed by atoms with E-state index in [-0.39, 0.29) is 6.04 Å². The molecule has 0 amide bonds. The Hall–Kier alpha value is 1.12. The first-order valence-electron chi connectivity index (χ1n) is 2.98. The Balaban J connectivity index is 3.92. The zero-order valence-electron chi connectivity index (χ0n) is 5.75. The highest BCUT2D eigenvalue weighted by molar-refractivity contribution is 14.1. The number of carboxylic acid groups (broad SMARTS) is 1. The fourth-order valence-corrected chi connectivity index (χ4v) is 3.04. The highest BCUT2D eigenvalue weighted by Crippen LogP contribution is 2.11. The molecule has 0 aliphatic rings. The molecule has 6 heteroatoms. The van der Waals surface area contributed by atoms with E-state index in [1.807, 2.05) is 22.9 Å². The second-order valence-corrected chi connectivity index (χ2v) is 4.27. The van der Waals surface area contributed by atoms with E-state index in [4.69, 9.17) is 5.11 Å². The molecule has 0 aromatic carbocycles. The maximum atomic E-state index is 10.5. The van der Waals surface area contributed by atoms with E-state index in [2.05, 4.69) is 9.24 Å². The minimum absolute atomic E-state index is 0.287. The van der Waals surface area contributed by atoms with Gasteiger partial charge in [-0.2, -0.15) is 0 Å². The summed E-state index contributed by atoms with van der Waals surface area (Å²) >= 11 is 2.97. The summed E-state index contributed by atoms with van der Waals surface area (Å²) in [5, 5.41) is 9.43. The van der Waals surface area contributed by atoms with Crippen LogP contribution < -0.4 is 0 Å². The maximum absolute atomic E-state index is 10.5. The van der Waals surface area contributed by atoms with E-state index >= 15 is 0 Å². The van der Waals surface area contributed by atoms with Crippen LogP contribution in [-0.4, -0.2) is 42.8 Å². The topological polar surface area (TPSA) is 40.5 Å². The van der Waals surface area contributed by atoms with Crippen LogP contribution in [-0.2, 0) is 4.79 Å². The number of carboxylic acids is 1. The summed E-state index contributed by atoms with van der Waals surface area (Å²) < 4.78 is 1.79. The molecule has 0 aromatic heterocycles. The summed E-state index contributed by atoms with van der Waals surface area (Å²) in [4.78, 5) is 10.5. The summed E-state index contributed by atoms with van der Waals surface area (Å²) in [5.74, 6) is -0.716. The number of nitrogens with zero attached hydrogens (tertiary/aromatic N) is 1. The van der Waals surface area contributed by atoms with Crippen molar-refractivity contribution in [3.63, 3.8) is 0 Å². The second kappa shape index (κ2) is 5.73. The average Bonchev–Trinajstić information content (AvgIpc) is 1.88. The molecule has 0 saturated heterocycles. The molecule has 0 heterocycles. The van der Waals surface area contributed by atoms with E-state index < -0.39 is 5.97 Å². The Morgan fingerprint density at radius 2 is 2.40 bits per heavy atom. The van der Waals surface area contributed by atoms with Crippen molar-refractivity contribution < 1.29 is 9.90 Å². The molecule has 2 atom stereocenters. The third kappa shape index (κ3) is 3.50. The molecular formula is C4H10AlINO2P. The minimum Gasteiger partial charge on any atom is -0.480 e. The van der Waals surface area contributed by atoms with Crippen LogP contribution in [0, 0.1) is 0 Å². The van der Waals surface area contributed by atoms with Crippen molar-refractivity contribution in [3.05, 3.63) is 0 Å². The van der Waals surface area contributed by atoms with Crippen molar-refractivity contribution in [2.24, 2.45) is 0 Å². The average molecular weight is 289 g/mol. The first-order valence-corrected chi connectivity index (χ1v) is 6.18. The molecule has 0 aromatic rings. The van der Waals surface area contributed by atoms with Crippen LogP contribution in [0.4, 0.5) is 0 Å². The third-order valence-electron chi connectivity index (χ3n) is 1.18. The van der Waals surface area contributed by atoms with Crippen LogP contribution in [0.25, 0.3) is 0 Å². The van der Waals surface area contributed by atoms with Gasteiger partial charge in [-0.15, -0.1) is 9.24 Å². The lowest BCUT2D eigenvalue weighted by Gasteiger charge is -2.18. The fourth-order valence-electron chi connectivity index (χ4n) is 0.620. The van der Waals surface area contributed by atoms with E-state index in [0.29, 0.717) is 6.29 Å². The number of aliphatic carboxylic acids is 1. The smallest absolute Gasteiger partial charge is 0.320 e. The van der Waals surface area contributed by atoms with Crippen molar-refractivity contribution in [1.82, 2.24) is 3.11 Å². The highest BCUT2D eigenvalue weighted by atomic mass is 127. The van der Waals surface area contributed by atoms with Crippen molar-refractivity contribution in [1.29, 1.82) is 0 Å². The van der Waals surface area contributed by atoms with Crippen molar-refractivity contribution in [2.75, 3.05) is 6.29 Å². The van der Waals surface area contributed by atoms with Gasteiger partial charge in [0.05, 0.1) is 0 Å². The minimum atomic E-state index is -0.716. The Bertz CT molecular complexity index is 126. The maximum Gasteiger partial charge on any atom is 0.320 e. The first kappa shape index (κ1) is 11.1. The highest BCUT2D eigenvalue weighted by Gasteiger charge is 2.19. The molecule has 0 saturated carbocycles. The van der Waals surface area contributed by atoms with E-state index in [1.54, 1.807) is 3.11 Å². The molecule has 0 rings (SSSR count). The summed E-state index contributed by atoms with van der Waals surface area (Å²) in [6.45, 7) is 0. The van der Waals surface area contributed by atoms with E-state index in [1.165, 1.54) is 0 Å². The number of hydrogen-bond donors (Lipinski definition) is 1. The molecule has 0 aliphatic heterocycles. The van der Waals surface area contributed by atoms with Gasteiger partial charge in [0.15, 0.2) is 0 Å². The molecule has 2 unspecified atom stereocenters.